The number of aromatic nitrogens is 2. The molecule has 3 atom stereocenters. The van der Waals surface area contributed by atoms with Gasteiger partial charge in [0, 0.05) is 49.8 Å². The van der Waals surface area contributed by atoms with E-state index in [-0.39, 0.29) is 5.82 Å². The van der Waals surface area contributed by atoms with Gasteiger partial charge in [-0.2, -0.15) is 0 Å². The molecule has 0 radical (unpaired) electrons. The van der Waals surface area contributed by atoms with Gasteiger partial charge in [-0.15, -0.1) is 21.5 Å². The van der Waals surface area contributed by atoms with Gasteiger partial charge in [0.2, 0.25) is 0 Å². The van der Waals surface area contributed by atoms with Crippen LogP contribution in [-0.4, -0.2) is 54.0 Å². The Labute approximate surface area is 192 Å². The number of nitrogens with zero attached hydrogens (tertiary/aromatic N) is 3. The van der Waals surface area contributed by atoms with Crippen LogP contribution >= 0.6 is 11.3 Å². The van der Waals surface area contributed by atoms with Crippen molar-refractivity contribution in [2.45, 2.75) is 31.7 Å². The molecular formula is C25H29FN4OS. The van der Waals surface area contributed by atoms with Crippen LogP contribution in [0.5, 0.6) is 0 Å². The van der Waals surface area contributed by atoms with Gasteiger partial charge in [0.05, 0.1) is 4.70 Å². The maximum atomic E-state index is 14.4. The molecule has 2 aliphatic heterocycles. The summed E-state index contributed by atoms with van der Waals surface area (Å²) in [6.07, 6.45) is 4.82. The van der Waals surface area contributed by atoms with Gasteiger partial charge in [0.1, 0.15) is 11.5 Å². The highest BCUT2D eigenvalue weighted by atomic mass is 32.1. The first kappa shape index (κ1) is 20.5. The van der Waals surface area contributed by atoms with Crippen molar-refractivity contribution in [2.75, 3.05) is 38.2 Å². The lowest BCUT2D eigenvalue weighted by atomic mass is 10.00. The van der Waals surface area contributed by atoms with E-state index in [1.54, 1.807) is 23.5 Å². The quantitative estimate of drug-likeness (QED) is 0.587. The first-order valence-corrected chi connectivity index (χ1v) is 12.7. The smallest absolute Gasteiger partial charge is 0.157 e. The minimum Gasteiger partial charge on any atom is -0.381 e. The Hall–Kier alpha value is -2.09. The molecule has 4 heterocycles. The SMILES string of the molecule is Fc1ccccc1-c1nnc(NC2C[C@@H]3CN(CC4CCOCC4)C[C@@H]3C2)c2ccsc12. The Kier molecular flexibility index (Phi) is 5.57. The lowest BCUT2D eigenvalue weighted by molar-refractivity contribution is 0.0545. The van der Waals surface area contributed by atoms with Gasteiger partial charge in [0.25, 0.3) is 0 Å². The predicted octanol–water partition coefficient (Wildman–Crippen LogP) is 5.05. The number of ether oxygens (including phenoxy) is 1. The summed E-state index contributed by atoms with van der Waals surface area (Å²) in [5, 5.41) is 15.7. The second-order valence-electron chi connectivity index (χ2n) is 9.65. The third kappa shape index (κ3) is 3.91. The van der Waals surface area contributed by atoms with Gasteiger partial charge >= 0.3 is 0 Å². The van der Waals surface area contributed by atoms with Crippen LogP contribution in [0.4, 0.5) is 10.2 Å². The number of anilines is 1. The van der Waals surface area contributed by atoms with Crippen LogP contribution in [0.25, 0.3) is 21.3 Å². The number of benzene rings is 1. The molecule has 3 fully saturated rings. The van der Waals surface area contributed by atoms with Crippen molar-refractivity contribution in [1.82, 2.24) is 15.1 Å². The molecule has 1 aromatic carbocycles. The highest BCUT2D eigenvalue weighted by Crippen LogP contribution is 2.41. The van der Waals surface area contributed by atoms with Gasteiger partial charge in [-0.25, -0.2) is 4.39 Å². The summed E-state index contributed by atoms with van der Waals surface area (Å²) in [6.45, 7) is 5.57. The van der Waals surface area contributed by atoms with E-state index in [4.69, 9.17) is 4.74 Å². The molecule has 1 unspecified atom stereocenters. The number of fused-ring (bicyclic) bond motifs is 2. The topological polar surface area (TPSA) is 50.3 Å². The molecule has 0 spiro atoms. The molecule has 1 saturated carbocycles. The molecule has 2 saturated heterocycles. The molecule has 7 heteroatoms. The molecule has 2 aromatic heterocycles. The summed E-state index contributed by atoms with van der Waals surface area (Å²) in [5.41, 5.74) is 1.14. The number of rotatable bonds is 5. The highest BCUT2D eigenvalue weighted by molar-refractivity contribution is 7.17. The van der Waals surface area contributed by atoms with Gasteiger partial charge in [-0.05, 0) is 67.0 Å². The van der Waals surface area contributed by atoms with Gasteiger partial charge in [-0.1, -0.05) is 12.1 Å². The van der Waals surface area contributed by atoms with Crippen molar-refractivity contribution < 1.29 is 9.13 Å². The summed E-state index contributed by atoms with van der Waals surface area (Å²) in [5.74, 6) is 2.94. The average molecular weight is 453 g/mol. The second kappa shape index (κ2) is 8.69. The number of nitrogens with one attached hydrogen (secondary N) is 1. The van der Waals surface area contributed by atoms with E-state index in [0.717, 1.165) is 46.9 Å². The molecule has 0 bridgehead atoms. The van der Waals surface area contributed by atoms with E-state index in [0.29, 0.717) is 17.3 Å². The number of likely N-dealkylation sites (tertiary alicyclic amines) is 1. The van der Waals surface area contributed by atoms with E-state index in [2.05, 4.69) is 26.5 Å². The first-order valence-electron chi connectivity index (χ1n) is 11.8. The maximum Gasteiger partial charge on any atom is 0.157 e. The molecule has 1 N–H and O–H groups in total. The predicted molar refractivity (Wildman–Crippen MR) is 126 cm³/mol. The number of hydrogen-bond donors (Lipinski definition) is 1. The molecule has 0 amide bonds. The lowest BCUT2D eigenvalue weighted by Crippen LogP contribution is -2.32. The van der Waals surface area contributed by atoms with Crippen LogP contribution in [0.3, 0.4) is 0 Å². The van der Waals surface area contributed by atoms with Crippen molar-refractivity contribution >= 4 is 27.2 Å². The molecule has 5 nitrogen and oxygen atoms in total. The Morgan fingerprint density at radius 1 is 1.06 bits per heavy atom. The molecule has 3 aliphatic rings. The van der Waals surface area contributed by atoms with Crippen molar-refractivity contribution in [3.05, 3.63) is 41.5 Å². The largest absolute Gasteiger partial charge is 0.381 e. The number of halogens is 1. The first-order chi connectivity index (χ1) is 15.7. The molecule has 6 rings (SSSR count). The molecule has 168 valence electrons. The zero-order valence-electron chi connectivity index (χ0n) is 18.2. The standard InChI is InChI=1S/C25H29FN4OS/c26-22-4-2-1-3-20(22)23-24-21(7-10-32-24)25(29-28-23)27-19-11-17-14-30(15-18(17)12-19)13-16-5-8-31-9-6-16/h1-4,7,10,16-19H,5-6,8-9,11-15H2,(H,27,29)/t17-,18+,19?. The zero-order valence-corrected chi connectivity index (χ0v) is 19.0. The van der Waals surface area contributed by atoms with Crippen LogP contribution in [-0.2, 0) is 4.74 Å². The molecular weight excluding hydrogens is 423 g/mol. The van der Waals surface area contributed by atoms with E-state index < -0.39 is 0 Å². The normalized spacial score (nSPS) is 26.6. The van der Waals surface area contributed by atoms with Crippen molar-refractivity contribution in [2.24, 2.45) is 17.8 Å². The van der Waals surface area contributed by atoms with Gasteiger partial charge in [0.15, 0.2) is 5.82 Å². The highest BCUT2D eigenvalue weighted by Gasteiger charge is 2.41. The summed E-state index contributed by atoms with van der Waals surface area (Å²) in [6, 6.07) is 9.31. The number of hydrogen-bond acceptors (Lipinski definition) is 6. The summed E-state index contributed by atoms with van der Waals surface area (Å²) in [4.78, 5) is 2.70. The van der Waals surface area contributed by atoms with E-state index >= 15 is 0 Å². The Morgan fingerprint density at radius 3 is 2.62 bits per heavy atom. The van der Waals surface area contributed by atoms with Gasteiger partial charge < -0.3 is 15.0 Å². The van der Waals surface area contributed by atoms with E-state index in [1.165, 1.54) is 51.4 Å². The van der Waals surface area contributed by atoms with Crippen molar-refractivity contribution in [3.63, 3.8) is 0 Å². The fourth-order valence-corrected chi connectivity index (χ4v) is 6.86. The molecule has 32 heavy (non-hydrogen) atoms. The minimum absolute atomic E-state index is 0.258. The lowest BCUT2D eigenvalue weighted by Gasteiger charge is -2.27. The Balaban J connectivity index is 1.13. The third-order valence-electron chi connectivity index (χ3n) is 7.54. The van der Waals surface area contributed by atoms with Crippen LogP contribution in [0, 0.1) is 23.6 Å². The third-order valence-corrected chi connectivity index (χ3v) is 8.46. The summed E-state index contributed by atoms with van der Waals surface area (Å²) < 4.78 is 20.9. The molecule has 3 aromatic rings. The number of thiophene rings is 1. The molecule has 1 aliphatic carbocycles. The zero-order chi connectivity index (χ0) is 21.5. The fourth-order valence-electron chi connectivity index (χ4n) is 5.97. The monoisotopic (exact) mass is 452 g/mol. The van der Waals surface area contributed by atoms with Crippen LogP contribution in [0.1, 0.15) is 25.7 Å². The maximum absolute atomic E-state index is 14.4. The Bertz CT molecular complexity index is 1080. The minimum atomic E-state index is -0.258. The van der Waals surface area contributed by atoms with E-state index in [1.807, 2.05) is 11.4 Å². The van der Waals surface area contributed by atoms with Crippen LogP contribution in [0.15, 0.2) is 35.7 Å². The van der Waals surface area contributed by atoms with Crippen molar-refractivity contribution in [1.29, 1.82) is 0 Å². The summed E-state index contributed by atoms with van der Waals surface area (Å²) in [7, 11) is 0. The van der Waals surface area contributed by atoms with Gasteiger partial charge in [-0.3, -0.25) is 0 Å². The Morgan fingerprint density at radius 2 is 1.84 bits per heavy atom. The summed E-state index contributed by atoms with van der Waals surface area (Å²) >= 11 is 1.60. The average Bonchev–Trinajstić information content (AvgIpc) is 3.51. The fraction of sp³-hybridized carbons (Fsp3) is 0.520. The van der Waals surface area contributed by atoms with Crippen molar-refractivity contribution in [3.8, 4) is 11.3 Å². The van der Waals surface area contributed by atoms with Crippen LogP contribution < -0.4 is 5.32 Å². The van der Waals surface area contributed by atoms with E-state index in [9.17, 15) is 4.39 Å². The van der Waals surface area contributed by atoms with Crippen LogP contribution in [0.2, 0.25) is 0 Å². The second-order valence-corrected chi connectivity index (χ2v) is 10.6.